The monoisotopic (exact) mass is 266 g/mol. The maximum atomic E-state index is 4.51. The van der Waals surface area contributed by atoms with E-state index in [-0.39, 0.29) is 0 Å². The Bertz CT molecular complexity index is 725. The Labute approximate surface area is 118 Å². The average molecular weight is 266 g/mol. The third-order valence-corrected chi connectivity index (χ3v) is 3.39. The minimum absolute atomic E-state index is 0.727. The Hall–Kier alpha value is -2.36. The van der Waals surface area contributed by atoms with E-state index in [2.05, 4.69) is 57.2 Å². The highest BCUT2D eigenvalue weighted by Gasteiger charge is 2.05. The number of para-hydroxylation sites is 1. The van der Waals surface area contributed by atoms with Gasteiger partial charge in [0.25, 0.3) is 0 Å². The Morgan fingerprint density at radius 3 is 2.90 bits per heavy atom. The van der Waals surface area contributed by atoms with Crippen LogP contribution in [0, 0.1) is 6.92 Å². The van der Waals surface area contributed by atoms with Gasteiger partial charge in [-0.15, -0.1) is 0 Å². The third-order valence-electron chi connectivity index (χ3n) is 3.39. The van der Waals surface area contributed by atoms with E-state index >= 15 is 0 Å². The number of nitrogens with one attached hydrogen (secondary N) is 1. The molecule has 0 unspecified atom stereocenters. The Morgan fingerprint density at radius 1 is 1.20 bits per heavy atom. The highest BCUT2D eigenvalue weighted by atomic mass is 15.2. The highest BCUT2D eigenvalue weighted by Crippen LogP contribution is 2.17. The van der Waals surface area contributed by atoms with Gasteiger partial charge in [0.2, 0.25) is 5.95 Å². The highest BCUT2D eigenvalue weighted by molar-refractivity contribution is 5.81. The third kappa shape index (κ3) is 2.37. The first-order valence-corrected chi connectivity index (χ1v) is 6.88. The topological polar surface area (TPSA) is 42.7 Å². The van der Waals surface area contributed by atoms with Gasteiger partial charge in [0.15, 0.2) is 0 Å². The van der Waals surface area contributed by atoms with E-state index in [0.717, 1.165) is 30.2 Å². The predicted molar refractivity (Wildman–Crippen MR) is 81.7 cm³/mol. The molecular weight excluding hydrogens is 248 g/mol. The van der Waals surface area contributed by atoms with Crippen LogP contribution in [0.25, 0.3) is 10.9 Å². The number of fused-ring (bicyclic) bond motifs is 1. The van der Waals surface area contributed by atoms with Crippen LogP contribution in [0.3, 0.4) is 0 Å². The molecule has 0 saturated heterocycles. The number of pyridine rings is 1. The van der Waals surface area contributed by atoms with Gasteiger partial charge < -0.3 is 9.88 Å². The zero-order valence-electron chi connectivity index (χ0n) is 11.8. The van der Waals surface area contributed by atoms with Gasteiger partial charge in [-0.05, 0) is 25.5 Å². The van der Waals surface area contributed by atoms with Crippen molar-refractivity contribution in [2.75, 3.05) is 5.32 Å². The number of imidazole rings is 1. The number of aromatic nitrogens is 3. The van der Waals surface area contributed by atoms with Crippen molar-refractivity contribution in [1.82, 2.24) is 14.5 Å². The van der Waals surface area contributed by atoms with E-state index in [1.54, 1.807) is 0 Å². The molecule has 2 aromatic heterocycles. The molecular formula is C16H18N4. The maximum Gasteiger partial charge on any atom is 0.203 e. The normalized spacial score (nSPS) is 10.9. The zero-order valence-corrected chi connectivity index (χ0v) is 11.8. The number of rotatable bonds is 4. The first kappa shape index (κ1) is 12.7. The van der Waals surface area contributed by atoms with Crippen molar-refractivity contribution >= 4 is 16.9 Å². The minimum atomic E-state index is 0.727. The van der Waals surface area contributed by atoms with Gasteiger partial charge in [-0.3, -0.25) is 4.98 Å². The second-order valence-corrected chi connectivity index (χ2v) is 4.84. The van der Waals surface area contributed by atoms with Crippen molar-refractivity contribution < 1.29 is 0 Å². The van der Waals surface area contributed by atoms with Crippen LogP contribution in [-0.2, 0) is 13.1 Å². The van der Waals surface area contributed by atoms with Gasteiger partial charge >= 0.3 is 0 Å². The molecule has 0 amide bonds. The van der Waals surface area contributed by atoms with Crippen LogP contribution < -0.4 is 5.32 Å². The summed E-state index contributed by atoms with van der Waals surface area (Å²) in [7, 11) is 0. The van der Waals surface area contributed by atoms with Crippen molar-refractivity contribution in [2.24, 2.45) is 0 Å². The number of anilines is 1. The molecule has 1 aromatic carbocycles. The van der Waals surface area contributed by atoms with E-state index in [4.69, 9.17) is 0 Å². The lowest BCUT2D eigenvalue weighted by Gasteiger charge is -2.09. The summed E-state index contributed by atoms with van der Waals surface area (Å²) in [5.74, 6) is 0.915. The summed E-state index contributed by atoms with van der Waals surface area (Å²) in [4.78, 5) is 8.98. The molecule has 102 valence electrons. The van der Waals surface area contributed by atoms with Gasteiger partial charge in [0.1, 0.15) is 0 Å². The largest absolute Gasteiger partial charge is 0.351 e. The summed E-state index contributed by atoms with van der Waals surface area (Å²) in [6.45, 7) is 5.77. The standard InChI is InChI=1S/C16H18N4/c1-3-20-11-12(2)19-16(20)18-10-14-7-4-6-13-8-5-9-17-15(13)14/h4-9,11H,3,10H2,1-2H3,(H,18,19). The van der Waals surface area contributed by atoms with E-state index < -0.39 is 0 Å². The molecule has 0 fully saturated rings. The number of hydrogen-bond donors (Lipinski definition) is 1. The second-order valence-electron chi connectivity index (χ2n) is 4.84. The van der Waals surface area contributed by atoms with Gasteiger partial charge in [-0.1, -0.05) is 24.3 Å². The zero-order chi connectivity index (χ0) is 13.9. The molecule has 0 atom stereocenters. The fourth-order valence-corrected chi connectivity index (χ4v) is 2.41. The lowest BCUT2D eigenvalue weighted by Crippen LogP contribution is -2.07. The Morgan fingerprint density at radius 2 is 2.05 bits per heavy atom. The summed E-state index contributed by atoms with van der Waals surface area (Å²) in [6, 6.07) is 10.3. The maximum absolute atomic E-state index is 4.51. The second kappa shape index (κ2) is 5.33. The van der Waals surface area contributed by atoms with Crippen molar-refractivity contribution in [1.29, 1.82) is 0 Å². The molecule has 0 saturated carbocycles. The van der Waals surface area contributed by atoms with Crippen molar-refractivity contribution in [3.63, 3.8) is 0 Å². The number of nitrogens with zero attached hydrogens (tertiary/aromatic N) is 3. The van der Waals surface area contributed by atoms with Crippen LogP contribution >= 0.6 is 0 Å². The van der Waals surface area contributed by atoms with Gasteiger partial charge in [-0.25, -0.2) is 4.98 Å². The first-order chi connectivity index (χ1) is 9.78. The minimum Gasteiger partial charge on any atom is -0.351 e. The molecule has 4 heteroatoms. The summed E-state index contributed by atoms with van der Waals surface area (Å²) < 4.78 is 2.12. The molecule has 0 bridgehead atoms. The van der Waals surface area contributed by atoms with Gasteiger partial charge in [-0.2, -0.15) is 0 Å². The van der Waals surface area contributed by atoms with Crippen LogP contribution in [0.15, 0.2) is 42.7 Å². The summed E-state index contributed by atoms with van der Waals surface area (Å²) in [6.07, 6.45) is 3.90. The molecule has 3 rings (SSSR count). The van der Waals surface area contributed by atoms with Crippen LogP contribution in [0.4, 0.5) is 5.95 Å². The smallest absolute Gasteiger partial charge is 0.203 e. The van der Waals surface area contributed by atoms with Crippen LogP contribution in [0.2, 0.25) is 0 Å². The molecule has 4 nitrogen and oxygen atoms in total. The van der Waals surface area contributed by atoms with Crippen LogP contribution in [0.5, 0.6) is 0 Å². The predicted octanol–water partition coefficient (Wildman–Crippen LogP) is 3.37. The molecule has 0 aliphatic heterocycles. The van der Waals surface area contributed by atoms with E-state index in [0.29, 0.717) is 0 Å². The summed E-state index contributed by atoms with van der Waals surface area (Å²) in [5, 5.41) is 4.57. The molecule has 0 aliphatic carbocycles. The molecule has 0 radical (unpaired) electrons. The van der Waals surface area contributed by atoms with Crippen LogP contribution in [0.1, 0.15) is 18.2 Å². The van der Waals surface area contributed by atoms with Crippen molar-refractivity contribution in [3.05, 3.63) is 54.0 Å². The van der Waals surface area contributed by atoms with E-state index in [1.165, 1.54) is 10.9 Å². The number of hydrogen-bond acceptors (Lipinski definition) is 3. The quantitative estimate of drug-likeness (QED) is 0.787. The fourth-order valence-electron chi connectivity index (χ4n) is 2.41. The average Bonchev–Trinajstić information content (AvgIpc) is 2.85. The first-order valence-electron chi connectivity index (χ1n) is 6.88. The molecule has 20 heavy (non-hydrogen) atoms. The Balaban J connectivity index is 1.86. The van der Waals surface area contributed by atoms with Gasteiger partial charge in [0.05, 0.1) is 11.2 Å². The lowest BCUT2D eigenvalue weighted by molar-refractivity contribution is 0.763. The molecule has 2 heterocycles. The van der Waals surface area contributed by atoms with Gasteiger partial charge in [0, 0.05) is 30.9 Å². The lowest BCUT2D eigenvalue weighted by atomic mass is 10.1. The van der Waals surface area contributed by atoms with E-state index in [1.807, 2.05) is 19.2 Å². The SMILES string of the molecule is CCn1cc(C)nc1NCc1cccc2cccnc12. The van der Waals surface area contributed by atoms with Crippen molar-refractivity contribution in [2.45, 2.75) is 26.9 Å². The Kier molecular flexibility index (Phi) is 3.37. The molecule has 0 aliphatic rings. The van der Waals surface area contributed by atoms with Crippen LogP contribution in [-0.4, -0.2) is 14.5 Å². The summed E-state index contributed by atoms with van der Waals surface area (Å²) in [5.41, 5.74) is 3.27. The molecule has 1 N–H and O–H groups in total. The number of aryl methyl sites for hydroxylation is 2. The molecule has 0 spiro atoms. The number of benzene rings is 1. The van der Waals surface area contributed by atoms with Crippen molar-refractivity contribution in [3.8, 4) is 0 Å². The van der Waals surface area contributed by atoms with E-state index in [9.17, 15) is 0 Å². The summed E-state index contributed by atoms with van der Waals surface area (Å²) >= 11 is 0. The molecule has 3 aromatic rings. The fraction of sp³-hybridized carbons (Fsp3) is 0.250.